The Morgan fingerprint density at radius 1 is 1.35 bits per heavy atom. The fourth-order valence-corrected chi connectivity index (χ4v) is 2.81. The van der Waals surface area contributed by atoms with Gasteiger partial charge in [0.05, 0.1) is 4.90 Å². The van der Waals surface area contributed by atoms with Crippen molar-refractivity contribution in [2.75, 3.05) is 5.32 Å². The van der Waals surface area contributed by atoms with Crippen LogP contribution >= 0.6 is 10.7 Å². The Balaban J connectivity index is 2.63. The lowest BCUT2D eigenvalue weighted by atomic mass is 9.78. The van der Waals surface area contributed by atoms with Gasteiger partial charge < -0.3 is 5.32 Å². The summed E-state index contributed by atoms with van der Waals surface area (Å²) in [4.78, 5) is 11.5. The second-order valence-electron chi connectivity index (χ2n) is 4.75. The highest BCUT2D eigenvalue weighted by Crippen LogP contribution is 2.38. The van der Waals surface area contributed by atoms with Gasteiger partial charge in [-0.3, -0.25) is 4.79 Å². The average Bonchev–Trinajstić information content (AvgIpc) is 2.13. The van der Waals surface area contributed by atoms with E-state index in [2.05, 4.69) is 5.32 Å². The second-order valence-corrected chi connectivity index (χ2v) is 7.32. The number of carbonyl (C=O) groups excluding carboxylic acids is 1. The van der Waals surface area contributed by atoms with Crippen molar-refractivity contribution in [1.82, 2.24) is 0 Å². The molecule has 1 heterocycles. The highest BCUT2D eigenvalue weighted by Gasteiger charge is 2.32. The Labute approximate surface area is 104 Å². The van der Waals surface area contributed by atoms with Crippen LogP contribution in [0.25, 0.3) is 0 Å². The first kappa shape index (κ1) is 12.4. The molecule has 6 heteroatoms. The first-order valence-electron chi connectivity index (χ1n) is 5.09. The molecule has 1 amide bonds. The number of rotatable bonds is 1. The molecule has 0 aliphatic carbocycles. The number of amides is 1. The van der Waals surface area contributed by atoms with E-state index in [0.29, 0.717) is 12.1 Å². The van der Waals surface area contributed by atoms with E-state index < -0.39 is 14.5 Å². The van der Waals surface area contributed by atoms with Crippen LogP contribution in [0.2, 0.25) is 0 Å². The summed E-state index contributed by atoms with van der Waals surface area (Å²) in [5.41, 5.74) is 1.05. The molecule has 4 nitrogen and oxygen atoms in total. The number of fused-ring (bicyclic) bond motifs is 1. The minimum atomic E-state index is -3.74. The van der Waals surface area contributed by atoms with Gasteiger partial charge in [-0.1, -0.05) is 13.8 Å². The summed E-state index contributed by atoms with van der Waals surface area (Å²) in [5, 5.41) is 2.72. The van der Waals surface area contributed by atoms with Crippen LogP contribution in [0.15, 0.2) is 23.1 Å². The van der Waals surface area contributed by atoms with Crippen molar-refractivity contribution >= 4 is 31.3 Å². The molecule has 0 saturated heterocycles. The lowest BCUT2D eigenvalue weighted by Gasteiger charge is -2.32. The Morgan fingerprint density at radius 2 is 2.00 bits per heavy atom. The lowest BCUT2D eigenvalue weighted by Crippen LogP contribution is -2.32. The standard InChI is InChI=1S/C11H12ClNO3S/c1-11(2)6-10(14)13-9-4-3-7(5-8(9)11)17(12,15)16/h3-5H,6H2,1-2H3,(H,13,14). The van der Waals surface area contributed by atoms with Crippen LogP contribution in [-0.4, -0.2) is 14.3 Å². The predicted octanol–water partition coefficient (Wildman–Crippen LogP) is 2.23. The molecular weight excluding hydrogens is 262 g/mol. The van der Waals surface area contributed by atoms with Crippen molar-refractivity contribution in [1.29, 1.82) is 0 Å². The molecule has 1 aromatic rings. The van der Waals surface area contributed by atoms with Crippen molar-refractivity contribution < 1.29 is 13.2 Å². The van der Waals surface area contributed by atoms with Gasteiger partial charge in [0.25, 0.3) is 9.05 Å². The SMILES string of the molecule is CC1(C)CC(=O)Nc2ccc(S(=O)(=O)Cl)cc21. The van der Waals surface area contributed by atoms with Crippen molar-refractivity contribution in [2.24, 2.45) is 0 Å². The van der Waals surface area contributed by atoms with Crippen molar-refractivity contribution in [2.45, 2.75) is 30.6 Å². The quantitative estimate of drug-likeness (QED) is 0.798. The lowest BCUT2D eigenvalue weighted by molar-refractivity contribution is -0.117. The number of hydrogen-bond donors (Lipinski definition) is 1. The van der Waals surface area contributed by atoms with Crippen LogP contribution in [0.4, 0.5) is 5.69 Å². The van der Waals surface area contributed by atoms with Crippen LogP contribution in [0, 0.1) is 0 Å². The van der Waals surface area contributed by atoms with Crippen LogP contribution in [0.5, 0.6) is 0 Å². The highest BCUT2D eigenvalue weighted by molar-refractivity contribution is 8.13. The molecular formula is C11H12ClNO3S. The highest BCUT2D eigenvalue weighted by atomic mass is 35.7. The molecule has 0 atom stereocenters. The molecule has 92 valence electrons. The molecule has 2 rings (SSSR count). The minimum Gasteiger partial charge on any atom is -0.326 e. The van der Waals surface area contributed by atoms with Crippen LogP contribution in [0.3, 0.4) is 0 Å². The van der Waals surface area contributed by atoms with Crippen LogP contribution in [-0.2, 0) is 19.3 Å². The molecule has 0 radical (unpaired) electrons. The van der Waals surface area contributed by atoms with Gasteiger partial charge >= 0.3 is 0 Å². The zero-order valence-electron chi connectivity index (χ0n) is 9.45. The Bertz CT molecular complexity index is 593. The van der Waals surface area contributed by atoms with Crippen LogP contribution in [0.1, 0.15) is 25.8 Å². The number of anilines is 1. The number of benzene rings is 1. The maximum Gasteiger partial charge on any atom is 0.261 e. The molecule has 0 unspecified atom stereocenters. The van der Waals surface area contributed by atoms with Gasteiger partial charge in [-0.15, -0.1) is 0 Å². The van der Waals surface area contributed by atoms with E-state index in [9.17, 15) is 13.2 Å². The van der Waals surface area contributed by atoms with E-state index in [0.717, 1.165) is 5.56 Å². The minimum absolute atomic E-state index is 0.0575. The summed E-state index contributed by atoms with van der Waals surface area (Å²) < 4.78 is 22.5. The zero-order chi connectivity index (χ0) is 12.8. The van der Waals surface area contributed by atoms with Crippen molar-refractivity contribution in [3.8, 4) is 0 Å². The summed E-state index contributed by atoms with van der Waals surface area (Å²) >= 11 is 0. The third kappa shape index (κ3) is 2.30. The molecule has 0 aromatic heterocycles. The Morgan fingerprint density at radius 3 is 2.59 bits per heavy atom. The van der Waals surface area contributed by atoms with Gasteiger partial charge in [0, 0.05) is 28.2 Å². The molecule has 17 heavy (non-hydrogen) atoms. The molecule has 1 aliphatic heterocycles. The van der Waals surface area contributed by atoms with Gasteiger partial charge in [-0.05, 0) is 23.8 Å². The zero-order valence-corrected chi connectivity index (χ0v) is 11.0. The molecule has 0 fully saturated rings. The topological polar surface area (TPSA) is 63.2 Å². The fourth-order valence-electron chi connectivity index (χ4n) is 2.03. The maximum absolute atomic E-state index is 11.5. The first-order valence-corrected chi connectivity index (χ1v) is 7.40. The van der Waals surface area contributed by atoms with E-state index in [1.807, 2.05) is 13.8 Å². The smallest absolute Gasteiger partial charge is 0.261 e. The van der Waals surface area contributed by atoms with E-state index in [1.165, 1.54) is 12.1 Å². The van der Waals surface area contributed by atoms with Crippen molar-refractivity contribution in [3.63, 3.8) is 0 Å². The monoisotopic (exact) mass is 273 g/mol. The second kappa shape index (κ2) is 3.71. The maximum atomic E-state index is 11.5. The fraction of sp³-hybridized carbons (Fsp3) is 0.364. The summed E-state index contributed by atoms with van der Waals surface area (Å²) in [6.07, 6.45) is 0.325. The molecule has 0 bridgehead atoms. The molecule has 0 saturated carbocycles. The Kier molecular flexibility index (Phi) is 2.71. The summed E-state index contributed by atoms with van der Waals surface area (Å²) in [7, 11) is 1.57. The molecule has 0 spiro atoms. The van der Waals surface area contributed by atoms with Gasteiger partial charge in [0.15, 0.2) is 0 Å². The largest absolute Gasteiger partial charge is 0.326 e. The number of halogens is 1. The van der Waals surface area contributed by atoms with Gasteiger partial charge in [-0.25, -0.2) is 8.42 Å². The third-order valence-corrected chi connectivity index (χ3v) is 4.23. The summed E-state index contributed by atoms with van der Waals surface area (Å²) in [5.74, 6) is -0.0658. The van der Waals surface area contributed by atoms with E-state index >= 15 is 0 Å². The molecule has 1 aliphatic rings. The summed E-state index contributed by atoms with van der Waals surface area (Å²) in [6.45, 7) is 3.80. The van der Waals surface area contributed by atoms with Gasteiger partial charge in [0.1, 0.15) is 0 Å². The molecule has 1 N–H and O–H groups in total. The molecule has 1 aromatic carbocycles. The predicted molar refractivity (Wildman–Crippen MR) is 65.8 cm³/mol. The van der Waals surface area contributed by atoms with Gasteiger partial charge in [0.2, 0.25) is 5.91 Å². The number of carbonyl (C=O) groups is 1. The normalized spacial score (nSPS) is 18.4. The average molecular weight is 274 g/mol. The third-order valence-electron chi connectivity index (χ3n) is 2.88. The van der Waals surface area contributed by atoms with Gasteiger partial charge in [-0.2, -0.15) is 0 Å². The van der Waals surface area contributed by atoms with Crippen LogP contribution < -0.4 is 5.32 Å². The van der Waals surface area contributed by atoms with E-state index in [4.69, 9.17) is 10.7 Å². The Hall–Kier alpha value is -1.07. The number of nitrogens with one attached hydrogen (secondary N) is 1. The first-order chi connectivity index (χ1) is 7.70. The van der Waals surface area contributed by atoms with Crippen molar-refractivity contribution in [3.05, 3.63) is 23.8 Å². The summed E-state index contributed by atoms with van der Waals surface area (Å²) in [6, 6.07) is 4.49. The van der Waals surface area contributed by atoms with E-state index in [-0.39, 0.29) is 10.8 Å². The van der Waals surface area contributed by atoms with E-state index in [1.54, 1.807) is 6.07 Å². The number of hydrogen-bond acceptors (Lipinski definition) is 3.